The van der Waals surface area contributed by atoms with E-state index >= 15 is 0 Å². The summed E-state index contributed by atoms with van der Waals surface area (Å²) in [6, 6.07) is 8.67. The number of halogens is 2. The molecule has 1 fully saturated rings. The summed E-state index contributed by atoms with van der Waals surface area (Å²) in [6.45, 7) is -1.34. The number of carbonyl (C=O) groups is 1. The summed E-state index contributed by atoms with van der Waals surface area (Å²) in [5, 5.41) is 3.70. The van der Waals surface area contributed by atoms with E-state index in [-0.39, 0.29) is 29.0 Å². The molecule has 2 bridgehead atoms. The number of aromatic nitrogens is 4. The SMILES string of the molecule is O=C(c1ccn(C(F)F)n1)N1C[C@@H]2C[C@H](C1)c1cc(-c3cccnc3)cc(=O)n1C2. The van der Waals surface area contributed by atoms with Crippen LogP contribution in [0.15, 0.2) is 53.7 Å². The van der Waals surface area contributed by atoms with E-state index in [1.165, 1.54) is 6.07 Å². The Kier molecular flexibility index (Phi) is 4.45. The molecular formula is C21H19F2N5O2. The lowest BCUT2D eigenvalue weighted by Gasteiger charge is -2.42. The molecule has 3 aromatic rings. The zero-order chi connectivity index (χ0) is 20.8. The van der Waals surface area contributed by atoms with E-state index in [1.807, 2.05) is 18.2 Å². The van der Waals surface area contributed by atoms with Crippen LogP contribution < -0.4 is 5.56 Å². The average molecular weight is 411 g/mol. The number of likely N-dealkylation sites (tertiary alicyclic amines) is 1. The Hall–Kier alpha value is -3.36. The molecule has 1 amide bonds. The van der Waals surface area contributed by atoms with Gasteiger partial charge in [-0.25, -0.2) is 4.68 Å². The Morgan fingerprint density at radius 3 is 2.73 bits per heavy atom. The molecule has 0 radical (unpaired) electrons. The van der Waals surface area contributed by atoms with Crippen LogP contribution in [0.2, 0.25) is 0 Å². The van der Waals surface area contributed by atoms with E-state index in [1.54, 1.807) is 27.9 Å². The Labute approximate surface area is 170 Å². The van der Waals surface area contributed by atoms with Crippen molar-refractivity contribution in [2.75, 3.05) is 13.1 Å². The molecule has 0 aromatic carbocycles. The quantitative estimate of drug-likeness (QED) is 0.664. The van der Waals surface area contributed by atoms with E-state index < -0.39 is 6.55 Å². The van der Waals surface area contributed by atoms with Gasteiger partial charge >= 0.3 is 6.55 Å². The molecule has 9 heteroatoms. The zero-order valence-corrected chi connectivity index (χ0v) is 16.0. The minimum atomic E-state index is -2.78. The van der Waals surface area contributed by atoms with Gasteiger partial charge in [0, 0.05) is 61.5 Å². The average Bonchev–Trinajstić information content (AvgIpc) is 3.25. The van der Waals surface area contributed by atoms with Crippen molar-refractivity contribution in [3.63, 3.8) is 0 Å². The molecule has 0 spiro atoms. The lowest BCUT2D eigenvalue weighted by atomic mass is 9.82. The number of carbonyl (C=O) groups excluding carboxylic acids is 1. The predicted octanol–water partition coefficient (Wildman–Crippen LogP) is 2.76. The number of hydrogen-bond acceptors (Lipinski definition) is 4. The predicted molar refractivity (Wildman–Crippen MR) is 104 cm³/mol. The van der Waals surface area contributed by atoms with E-state index in [2.05, 4.69) is 10.1 Å². The van der Waals surface area contributed by atoms with Crippen molar-refractivity contribution in [2.24, 2.45) is 5.92 Å². The molecule has 7 nitrogen and oxygen atoms in total. The fourth-order valence-electron chi connectivity index (χ4n) is 4.55. The van der Waals surface area contributed by atoms with Gasteiger partial charge in [0.15, 0.2) is 5.69 Å². The smallest absolute Gasteiger partial charge is 0.333 e. The Morgan fingerprint density at radius 1 is 1.13 bits per heavy atom. The summed E-state index contributed by atoms with van der Waals surface area (Å²) in [5.74, 6) is -0.217. The van der Waals surface area contributed by atoms with Crippen molar-refractivity contribution in [3.05, 3.63) is 70.7 Å². The third kappa shape index (κ3) is 3.20. The first-order valence-electron chi connectivity index (χ1n) is 9.77. The minimum Gasteiger partial charge on any atom is -0.336 e. The highest BCUT2D eigenvalue weighted by molar-refractivity contribution is 5.92. The highest BCUT2D eigenvalue weighted by Crippen LogP contribution is 2.37. The summed E-state index contributed by atoms with van der Waals surface area (Å²) < 4.78 is 27.9. The van der Waals surface area contributed by atoms with E-state index in [4.69, 9.17) is 0 Å². The molecule has 5 heterocycles. The van der Waals surface area contributed by atoms with Crippen LogP contribution in [-0.4, -0.2) is 43.2 Å². The second-order valence-corrected chi connectivity index (χ2v) is 7.83. The lowest BCUT2D eigenvalue weighted by molar-refractivity contribution is 0.0522. The number of nitrogens with zero attached hydrogens (tertiary/aromatic N) is 5. The van der Waals surface area contributed by atoms with Crippen molar-refractivity contribution in [2.45, 2.75) is 25.4 Å². The van der Waals surface area contributed by atoms with Crippen LogP contribution in [0.3, 0.4) is 0 Å². The second kappa shape index (κ2) is 7.16. The van der Waals surface area contributed by atoms with Crippen LogP contribution in [0.25, 0.3) is 11.1 Å². The molecule has 1 saturated heterocycles. The Morgan fingerprint density at radius 2 is 2.00 bits per heavy atom. The topological polar surface area (TPSA) is 73.0 Å². The fourth-order valence-corrected chi connectivity index (χ4v) is 4.55. The molecule has 30 heavy (non-hydrogen) atoms. The van der Waals surface area contributed by atoms with E-state index in [9.17, 15) is 18.4 Å². The lowest BCUT2D eigenvalue weighted by Crippen LogP contribution is -2.49. The zero-order valence-electron chi connectivity index (χ0n) is 16.0. The fraction of sp³-hybridized carbons (Fsp3) is 0.333. The molecule has 0 saturated carbocycles. The number of amides is 1. The maximum atomic E-state index is 12.9. The third-order valence-electron chi connectivity index (χ3n) is 5.87. The van der Waals surface area contributed by atoms with Crippen molar-refractivity contribution in [3.8, 4) is 11.1 Å². The molecule has 3 aromatic heterocycles. The molecular weight excluding hydrogens is 392 g/mol. The summed E-state index contributed by atoms with van der Waals surface area (Å²) in [4.78, 5) is 31.4. The molecule has 0 unspecified atom stereocenters. The maximum Gasteiger partial charge on any atom is 0.333 e. The summed E-state index contributed by atoms with van der Waals surface area (Å²) in [6.07, 6.45) is 5.38. The van der Waals surface area contributed by atoms with Crippen molar-refractivity contribution < 1.29 is 13.6 Å². The van der Waals surface area contributed by atoms with Crippen LogP contribution in [0.5, 0.6) is 0 Å². The van der Waals surface area contributed by atoms with Crippen LogP contribution >= 0.6 is 0 Å². The first-order valence-corrected chi connectivity index (χ1v) is 9.77. The standard InChI is InChI=1S/C21H19F2N5O2/c22-21(23)28-5-3-17(25-28)20(30)26-10-13-6-16(12-26)18-7-15(8-19(29)27(18)11-13)14-2-1-4-24-9-14/h1-5,7-9,13,16,21H,6,10-12H2/t13-,16+/m0/s1. The molecule has 2 atom stereocenters. The van der Waals surface area contributed by atoms with Crippen LogP contribution in [-0.2, 0) is 6.54 Å². The summed E-state index contributed by atoms with van der Waals surface area (Å²) >= 11 is 0. The van der Waals surface area contributed by atoms with Crippen LogP contribution in [0, 0.1) is 5.92 Å². The van der Waals surface area contributed by atoms with Gasteiger partial charge in [0.2, 0.25) is 0 Å². The van der Waals surface area contributed by atoms with Gasteiger partial charge in [0.25, 0.3) is 11.5 Å². The van der Waals surface area contributed by atoms with Crippen molar-refractivity contribution in [1.82, 2.24) is 24.2 Å². The monoisotopic (exact) mass is 411 g/mol. The highest BCUT2D eigenvalue weighted by Gasteiger charge is 2.37. The normalized spacial score (nSPS) is 20.3. The minimum absolute atomic E-state index is 0.00274. The molecule has 154 valence electrons. The first-order chi connectivity index (χ1) is 14.5. The molecule has 2 aliphatic heterocycles. The van der Waals surface area contributed by atoms with Gasteiger partial charge in [-0.05, 0) is 36.1 Å². The van der Waals surface area contributed by atoms with Crippen molar-refractivity contribution >= 4 is 5.91 Å². The molecule has 5 rings (SSSR count). The molecule has 0 N–H and O–H groups in total. The first kappa shape index (κ1) is 18.7. The Bertz CT molecular complexity index is 1160. The number of fused-ring (bicyclic) bond motifs is 4. The van der Waals surface area contributed by atoms with Gasteiger partial charge in [-0.1, -0.05) is 6.07 Å². The maximum absolute atomic E-state index is 12.9. The van der Waals surface area contributed by atoms with Gasteiger partial charge in [-0.3, -0.25) is 14.6 Å². The van der Waals surface area contributed by atoms with Crippen LogP contribution in [0.1, 0.15) is 35.1 Å². The van der Waals surface area contributed by atoms with Gasteiger partial charge in [-0.15, -0.1) is 0 Å². The van der Waals surface area contributed by atoms with E-state index in [0.717, 1.165) is 29.4 Å². The second-order valence-electron chi connectivity index (χ2n) is 7.83. The summed E-state index contributed by atoms with van der Waals surface area (Å²) in [7, 11) is 0. The van der Waals surface area contributed by atoms with Crippen molar-refractivity contribution in [1.29, 1.82) is 0 Å². The number of piperidine rings is 1. The summed E-state index contributed by atoms with van der Waals surface area (Å²) in [5.41, 5.74) is 2.51. The van der Waals surface area contributed by atoms with Crippen LogP contribution in [0.4, 0.5) is 8.78 Å². The number of hydrogen-bond donors (Lipinski definition) is 0. The largest absolute Gasteiger partial charge is 0.336 e. The molecule has 0 aliphatic carbocycles. The van der Waals surface area contributed by atoms with Gasteiger partial charge < -0.3 is 9.47 Å². The van der Waals surface area contributed by atoms with Gasteiger partial charge in [-0.2, -0.15) is 13.9 Å². The third-order valence-corrected chi connectivity index (χ3v) is 5.87. The van der Waals surface area contributed by atoms with Gasteiger partial charge in [0.1, 0.15) is 0 Å². The van der Waals surface area contributed by atoms with Gasteiger partial charge in [0.05, 0.1) is 0 Å². The Balaban J connectivity index is 1.45. The van der Waals surface area contributed by atoms with E-state index in [0.29, 0.717) is 24.3 Å². The number of alkyl halides is 2. The number of rotatable bonds is 3. The molecule has 2 aliphatic rings. The highest BCUT2D eigenvalue weighted by atomic mass is 19.3. The number of pyridine rings is 2.